The highest BCUT2D eigenvalue weighted by molar-refractivity contribution is 6.35. The molecule has 1 N–H and O–H groups in total. The maximum atomic E-state index is 8.84. The van der Waals surface area contributed by atoms with E-state index in [1.807, 2.05) is 6.07 Å². The second kappa shape index (κ2) is 5.21. The first kappa shape index (κ1) is 11.3. The van der Waals surface area contributed by atoms with E-state index in [1.165, 1.54) is 0 Å². The number of nitrogens with zero attached hydrogens (tertiary/aromatic N) is 1. The SMILES string of the molecule is N#CC(CO)Cc1ccc(Cl)cc1Cl. The largest absolute Gasteiger partial charge is 0.395 e. The van der Waals surface area contributed by atoms with Crippen molar-refractivity contribution in [3.63, 3.8) is 0 Å². The van der Waals surface area contributed by atoms with Gasteiger partial charge in [-0.05, 0) is 24.1 Å². The fourth-order valence-electron chi connectivity index (χ4n) is 1.10. The second-order valence-electron chi connectivity index (χ2n) is 2.95. The van der Waals surface area contributed by atoms with Crippen molar-refractivity contribution >= 4 is 23.2 Å². The van der Waals surface area contributed by atoms with E-state index in [9.17, 15) is 0 Å². The lowest BCUT2D eigenvalue weighted by atomic mass is 10.0. The van der Waals surface area contributed by atoms with E-state index < -0.39 is 5.92 Å². The second-order valence-corrected chi connectivity index (χ2v) is 3.79. The van der Waals surface area contributed by atoms with Crippen LogP contribution in [0.4, 0.5) is 0 Å². The van der Waals surface area contributed by atoms with Gasteiger partial charge in [-0.3, -0.25) is 0 Å². The molecule has 0 aromatic heterocycles. The van der Waals surface area contributed by atoms with E-state index in [0.29, 0.717) is 16.5 Å². The van der Waals surface area contributed by atoms with Gasteiger partial charge < -0.3 is 5.11 Å². The van der Waals surface area contributed by atoms with Gasteiger partial charge in [-0.15, -0.1) is 0 Å². The monoisotopic (exact) mass is 229 g/mol. The summed E-state index contributed by atoms with van der Waals surface area (Å²) in [6.45, 7) is -0.157. The molecule has 0 fully saturated rings. The molecule has 0 aliphatic heterocycles. The molecule has 74 valence electrons. The Hall–Kier alpha value is -0.750. The van der Waals surface area contributed by atoms with Crippen molar-refractivity contribution in [1.82, 2.24) is 0 Å². The number of benzene rings is 1. The van der Waals surface area contributed by atoms with Crippen LogP contribution in [0, 0.1) is 17.2 Å². The van der Waals surface area contributed by atoms with Crippen LogP contribution in [0.5, 0.6) is 0 Å². The molecular formula is C10H9Cl2NO. The lowest BCUT2D eigenvalue weighted by Gasteiger charge is -2.07. The Morgan fingerprint density at radius 1 is 1.43 bits per heavy atom. The summed E-state index contributed by atoms with van der Waals surface area (Å²) in [7, 11) is 0. The van der Waals surface area contributed by atoms with Gasteiger partial charge in [-0.25, -0.2) is 0 Å². The van der Waals surface area contributed by atoms with E-state index >= 15 is 0 Å². The summed E-state index contributed by atoms with van der Waals surface area (Å²) >= 11 is 11.6. The molecule has 1 aromatic rings. The molecule has 0 heterocycles. The van der Waals surface area contributed by atoms with Crippen molar-refractivity contribution in [2.45, 2.75) is 6.42 Å². The minimum atomic E-state index is -0.409. The van der Waals surface area contributed by atoms with Gasteiger partial charge >= 0.3 is 0 Å². The van der Waals surface area contributed by atoms with E-state index in [1.54, 1.807) is 18.2 Å². The summed E-state index contributed by atoms with van der Waals surface area (Å²) in [5, 5.41) is 18.6. The Morgan fingerprint density at radius 3 is 2.64 bits per heavy atom. The molecule has 0 aliphatic rings. The molecule has 0 bridgehead atoms. The van der Waals surface area contributed by atoms with E-state index in [2.05, 4.69) is 0 Å². The summed E-state index contributed by atoms with van der Waals surface area (Å²) in [5.74, 6) is -0.409. The zero-order valence-corrected chi connectivity index (χ0v) is 8.89. The highest BCUT2D eigenvalue weighted by atomic mass is 35.5. The zero-order chi connectivity index (χ0) is 10.6. The summed E-state index contributed by atoms with van der Waals surface area (Å²) in [6, 6.07) is 7.11. The molecule has 1 atom stereocenters. The normalized spacial score (nSPS) is 12.1. The predicted molar refractivity (Wildman–Crippen MR) is 56.4 cm³/mol. The fraction of sp³-hybridized carbons (Fsp3) is 0.300. The molecule has 0 saturated heterocycles. The minimum Gasteiger partial charge on any atom is -0.395 e. The minimum absolute atomic E-state index is 0.157. The van der Waals surface area contributed by atoms with Crippen LogP contribution < -0.4 is 0 Å². The molecular weight excluding hydrogens is 221 g/mol. The van der Waals surface area contributed by atoms with E-state index in [4.69, 9.17) is 33.6 Å². The molecule has 4 heteroatoms. The smallest absolute Gasteiger partial charge is 0.0735 e. The van der Waals surface area contributed by atoms with Crippen molar-refractivity contribution in [3.8, 4) is 6.07 Å². The van der Waals surface area contributed by atoms with Crippen molar-refractivity contribution in [1.29, 1.82) is 5.26 Å². The van der Waals surface area contributed by atoms with Crippen LogP contribution in [0.15, 0.2) is 18.2 Å². The molecule has 1 unspecified atom stereocenters. The number of halogens is 2. The first-order valence-corrected chi connectivity index (χ1v) is 4.87. The number of aliphatic hydroxyl groups is 1. The molecule has 0 saturated carbocycles. The predicted octanol–water partition coefficient (Wildman–Crippen LogP) is 2.67. The Labute approximate surface area is 92.7 Å². The van der Waals surface area contributed by atoms with Gasteiger partial charge in [0.25, 0.3) is 0 Å². The van der Waals surface area contributed by atoms with Gasteiger partial charge in [0.05, 0.1) is 18.6 Å². The highest BCUT2D eigenvalue weighted by Gasteiger charge is 2.09. The van der Waals surface area contributed by atoms with Crippen molar-refractivity contribution in [2.75, 3.05) is 6.61 Å². The first-order valence-electron chi connectivity index (χ1n) is 4.11. The van der Waals surface area contributed by atoms with Crippen molar-refractivity contribution in [3.05, 3.63) is 33.8 Å². The van der Waals surface area contributed by atoms with Gasteiger partial charge in [0.2, 0.25) is 0 Å². The quantitative estimate of drug-likeness (QED) is 0.867. The number of aliphatic hydroxyl groups excluding tert-OH is 1. The Bertz CT molecular complexity index is 360. The molecule has 1 rings (SSSR count). The van der Waals surface area contributed by atoms with Crippen LogP contribution in [-0.4, -0.2) is 11.7 Å². The average Bonchev–Trinajstić information content (AvgIpc) is 2.17. The third kappa shape index (κ3) is 2.88. The molecule has 0 radical (unpaired) electrons. The fourth-order valence-corrected chi connectivity index (χ4v) is 1.59. The standard InChI is InChI=1S/C10H9Cl2NO/c11-9-2-1-8(10(12)4-9)3-7(5-13)6-14/h1-2,4,7,14H,3,6H2. The van der Waals surface area contributed by atoms with Crippen LogP contribution in [0.25, 0.3) is 0 Å². The Balaban J connectivity index is 2.82. The molecule has 0 spiro atoms. The van der Waals surface area contributed by atoms with Gasteiger partial charge in [-0.2, -0.15) is 5.26 Å². The number of hydrogen-bond acceptors (Lipinski definition) is 2. The third-order valence-electron chi connectivity index (χ3n) is 1.88. The Morgan fingerprint density at radius 2 is 2.14 bits per heavy atom. The lowest BCUT2D eigenvalue weighted by Crippen LogP contribution is -2.06. The lowest BCUT2D eigenvalue weighted by molar-refractivity contribution is 0.255. The maximum Gasteiger partial charge on any atom is 0.0735 e. The van der Waals surface area contributed by atoms with Gasteiger partial charge in [0.15, 0.2) is 0 Å². The van der Waals surface area contributed by atoms with Crippen LogP contribution in [-0.2, 0) is 6.42 Å². The van der Waals surface area contributed by atoms with Crippen LogP contribution in [0.1, 0.15) is 5.56 Å². The number of hydrogen-bond donors (Lipinski definition) is 1. The molecule has 14 heavy (non-hydrogen) atoms. The summed E-state index contributed by atoms with van der Waals surface area (Å²) < 4.78 is 0. The van der Waals surface area contributed by atoms with Crippen LogP contribution in [0.3, 0.4) is 0 Å². The maximum absolute atomic E-state index is 8.84. The summed E-state index contributed by atoms with van der Waals surface area (Å²) in [4.78, 5) is 0. The van der Waals surface area contributed by atoms with Crippen molar-refractivity contribution in [2.24, 2.45) is 5.92 Å². The van der Waals surface area contributed by atoms with E-state index in [-0.39, 0.29) is 6.61 Å². The van der Waals surface area contributed by atoms with Gasteiger partial charge in [0, 0.05) is 10.0 Å². The molecule has 0 amide bonds. The summed E-state index contributed by atoms with van der Waals surface area (Å²) in [6.07, 6.45) is 0.447. The third-order valence-corrected chi connectivity index (χ3v) is 2.47. The molecule has 1 aromatic carbocycles. The zero-order valence-electron chi connectivity index (χ0n) is 7.37. The number of rotatable bonds is 3. The van der Waals surface area contributed by atoms with Crippen LogP contribution in [0.2, 0.25) is 10.0 Å². The van der Waals surface area contributed by atoms with Gasteiger partial charge in [-0.1, -0.05) is 29.3 Å². The molecule has 2 nitrogen and oxygen atoms in total. The first-order chi connectivity index (χ1) is 6.67. The average molecular weight is 230 g/mol. The molecule has 0 aliphatic carbocycles. The highest BCUT2D eigenvalue weighted by Crippen LogP contribution is 2.23. The topological polar surface area (TPSA) is 44.0 Å². The van der Waals surface area contributed by atoms with E-state index in [0.717, 1.165) is 5.56 Å². The van der Waals surface area contributed by atoms with Crippen molar-refractivity contribution < 1.29 is 5.11 Å². The van der Waals surface area contributed by atoms with Crippen LogP contribution >= 0.6 is 23.2 Å². The Kier molecular flexibility index (Phi) is 4.21. The number of nitriles is 1. The summed E-state index contributed by atoms with van der Waals surface area (Å²) in [5.41, 5.74) is 0.830. The van der Waals surface area contributed by atoms with Gasteiger partial charge in [0.1, 0.15) is 0 Å².